The van der Waals surface area contributed by atoms with Crippen molar-refractivity contribution in [2.75, 3.05) is 19.1 Å². The molecule has 0 unspecified atom stereocenters. The van der Waals surface area contributed by atoms with E-state index < -0.39 is 6.04 Å². The maximum atomic E-state index is 11.7. The van der Waals surface area contributed by atoms with Crippen LogP contribution in [-0.4, -0.2) is 36.9 Å². The molecular formula is C12H19N3O3S. The molecule has 0 aromatic carbocycles. The highest BCUT2D eigenvalue weighted by Gasteiger charge is 2.14. The molecule has 0 radical (unpaired) electrons. The van der Waals surface area contributed by atoms with Gasteiger partial charge in [-0.15, -0.1) is 0 Å². The Hall–Kier alpha value is -1.47. The number of furan rings is 1. The van der Waals surface area contributed by atoms with Crippen molar-refractivity contribution in [2.24, 2.45) is 5.73 Å². The van der Waals surface area contributed by atoms with Crippen molar-refractivity contribution >= 4 is 23.6 Å². The minimum Gasteiger partial charge on any atom is -0.454 e. The van der Waals surface area contributed by atoms with Crippen molar-refractivity contribution in [3.63, 3.8) is 0 Å². The number of amides is 2. The minimum atomic E-state index is -0.513. The van der Waals surface area contributed by atoms with Crippen molar-refractivity contribution in [2.45, 2.75) is 19.0 Å². The zero-order valence-electron chi connectivity index (χ0n) is 11.1. The molecule has 106 valence electrons. The second-order valence-electron chi connectivity index (χ2n) is 3.95. The molecule has 1 rings (SSSR count). The van der Waals surface area contributed by atoms with Gasteiger partial charge in [0.15, 0.2) is 5.76 Å². The van der Waals surface area contributed by atoms with Gasteiger partial charge >= 0.3 is 0 Å². The highest BCUT2D eigenvalue weighted by atomic mass is 32.2. The molecule has 1 aromatic heterocycles. The van der Waals surface area contributed by atoms with Crippen LogP contribution >= 0.6 is 11.8 Å². The van der Waals surface area contributed by atoms with Gasteiger partial charge in [0.25, 0.3) is 5.91 Å². The van der Waals surface area contributed by atoms with Crippen LogP contribution in [0.5, 0.6) is 0 Å². The minimum absolute atomic E-state index is 0.216. The van der Waals surface area contributed by atoms with Crippen LogP contribution in [-0.2, 0) is 11.3 Å². The molecule has 1 atom stereocenters. The predicted octanol–water partition coefficient (Wildman–Crippen LogP) is 0.336. The normalized spacial score (nSPS) is 11.9. The Bertz CT molecular complexity index is 434. The standard InChI is InChI=1S/C12H19N3O3S/c1-14-12(17)10-4-3-8(18-10)7-15-11(16)9(13)5-6-19-2/h3-4,9H,5-7,13H2,1-2H3,(H,14,17)(H,15,16)/t9-/m0/s1. The Morgan fingerprint density at radius 1 is 1.47 bits per heavy atom. The number of hydrogen-bond acceptors (Lipinski definition) is 5. The van der Waals surface area contributed by atoms with E-state index in [0.29, 0.717) is 12.2 Å². The van der Waals surface area contributed by atoms with E-state index in [-0.39, 0.29) is 24.1 Å². The van der Waals surface area contributed by atoms with E-state index >= 15 is 0 Å². The molecule has 0 aliphatic rings. The van der Waals surface area contributed by atoms with Crippen LogP contribution < -0.4 is 16.4 Å². The second kappa shape index (κ2) is 7.85. The zero-order chi connectivity index (χ0) is 14.3. The monoisotopic (exact) mass is 285 g/mol. The first-order valence-corrected chi connectivity index (χ1v) is 7.31. The summed E-state index contributed by atoms with van der Waals surface area (Å²) < 4.78 is 5.28. The third kappa shape index (κ3) is 4.96. The van der Waals surface area contributed by atoms with Crippen LogP contribution in [0.4, 0.5) is 0 Å². The zero-order valence-corrected chi connectivity index (χ0v) is 11.9. The fourth-order valence-corrected chi connectivity index (χ4v) is 1.89. The van der Waals surface area contributed by atoms with Crippen molar-refractivity contribution < 1.29 is 14.0 Å². The number of carbonyl (C=O) groups is 2. The maximum absolute atomic E-state index is 11.7. The molecule has 19 heavy (non-hydrogen) atoms. The quantitative estimate of drug-likeness (QED) is 0.671. The molecule has 1 heterocycles. The highest BCUT2D eigenvalue weighted by Crippen LogP contribution is 2.07. The van der Waals surface area contributed by atoms with Crippen LogP contribution in [0.2, 0.25) is 0 Å². The van der Waals surface area contributed by atoms with Crippen molar-refractivity contribution in [3.05, 3.63) is 23.7 Å². The predicted molar refractivity (Wildman–Crippen MR) is 74.9 cm³/mol. The first-order valence-electron chi connectivity index (χ1n) is 5.91. The summed E-state index contributed by atoms with van der Waals surface area (Å²) in [5.74, 6) is 1.07. The Morgan fingerprint density at radius 3 is 2.84 bits per heavy atom. The average molecular weight is 285 g/mol. The van der Waals surface area contributed by atoms with Crippen molar-refractivity contribution in [1.29, 1.82) is 0 Å². The fraction of sp³-hybridized carbons (Fsp3) is 0.500. The third-order valence-corrected chi connectivity index (χ3v) is 3.16. The molecule has 7 heteroatoms. The maximum Gasteiger partial charge on any atom is 0.286 e. The van der Waals surface area contributed by atoms with E-state index in [1.54, 1.807) is 23.9 Å². The van der Waals surface area contributed by atoms with E-state index in [1.165, 1.54) is 7.05 Å². The van der Waals surface area contributed by atoms with Gasteiger partial charge in [-0.05, 0) is 30.6 Å². The van der Waals surface area contributed by atoms with Crippen LogP contribution in [0.1, 0.15) is 22.7 Å². The largest absolute Gasteiger partial charge is 0.454 e. The third-order valence-electron chi connectivity index (χ3n) is 2.52. The summed E-state index contributed by atoms with van der Waals surface area (Å²) in [6.07, 6.45) is 2.60. The Balaban J connectivity index is 2.41. The van der Waals surface area contributed by atoms with Gasteiger partial charge in [0.2, 0.25) is 5.91 Å². The molecule has 0 spiro atoms. The van der Waals surface area contributed by atoms with Crippen LogP contribution in [0.25, 0.3) is 0 Å². The fourth-order valence-electron chi connectivity index (χ4n) is 1.40. The van der Waals surface area contributed by atoms with Gasteiger partial charge in [0.1, 0.15) is 5.76 Å². The first-order chi connectivity index (χ1) is 9.08. The molecule has 0 aliphatic heterocycles. The summed E-state index contributed by atoms with van der Waals surface area (Å²) in [6, 6.07) is 2.70. The summed E-state index contributed by atoms with van der Waals surface area (Å²) >= 11 is 1.65. The number of nitrogens with one attached hydrogen (secondary N) is 2. The second-order valence-corrected chi connectivity index (χ2v) is 4.94. The van der Waals surface area contributed by atoms with Gasteiger partial charge in [0, 0.05) is 7.05 Å². The van der Waals surface area contributed by atoms with Gasteiger partial charge in [-0.2, -0.15) is 11.8 Å². The molecular weight excluding hydrogens is 266 g/mol. The Kier molecular flexibility index (Phi) is 6.44. The summed E-state index contributed by atoms with van der Waals surface area (Å²) in [6.45, 7) is 0.225. The molecule has 0 bridgehead atoms. The summed E-state index contributed by atoms with van der Waals surface area (Å²) in [7, 11) is 1.52. The molecule has 0 saturated heterocycles. The van der Waals surface area contributed by atoms with E-state index in [4.69, 9.17) is 10.2 Å². The van der Waals surface area contributed by atoms with E-state index in [9.17, 15) is 9.59 Å². The SMILES string of the molecule is CNC(=O)c1ccc(CNC(=O)[C@@H](N)CCSC)o1. The molecule has 0 fully saturated rings. The van der Waals surface area contributed by atoms with Gasteiger partial charge in [-0.1, -0.05) is 0 Å². The van der Waals surface area contributed by atoms with Crippen molar-refractivity contribution in [1.82, 2.24) is 10.6 Å². The molecule has 2 amide bonds. The number of nitrogens with two attached hydrogens (primary N) is 1. The van der Waals surface area contributed by atoms with E-state index in [1.807, 2.05) is 6.26 Å². The summed E-state index contributed by atoms with van der Waals surface area (Å²) in [4.78, 5) is 22.9. The first kappa shape index (κ1) is 15.6. The lowest BCUT2D eigenvalue weighted by Gasteiger charge is -2.10. The topological polar surface area (TPSA) is 97.4 Å². The molecule has 1 aromatic rings. The van der Waals surface area contributed by atoms with Gasteiger partial charge in [-0.3, -0.25) is 9.59 Å². The van der Waals surface area contributed by atoms with Gasteiger partial charge < -0.3 is 20.8 Å². The molecule has 4 N–H and O–H groups in total. The molecule has 6 nitrogen and oxygen atoms in total. The van der Waals surface area contributed by atoms with Gasteiger partial charge in [-0.25, -0.2) is 0 Å². The van der Waals surface area contributed by atoms with Crippen molar-refractivity contribution in [3.8, 4) is 0 Å². The van der Waals surface area contributed by atoms with E-state index in [0.717, 1.165) is 5.75 Å². The lowest BCUT2D eigenvalue weighted by Crippen LogP contribution is -2.40. The lowest BCUT2D eigenvalue weighted by atomic mass is 10.2. The number of thioether (sulfide) groups is 1. The number of rotatable bonds is 7. The van der Waals surface area contributed by atoms with Crippen LogP contribution in [0.15, 0.2) is 16.5 Å². The smallest absolute Gasteiger partial charge is 0.286 e. The average Bonchev–Trinajstić information content (AvgIpc) is 2.89. The lowest BCUT2D eigenvalue weighted by molar-refractivity contribution is -0.122. The molecule has 0 saturated carbocycles. The highest BCUT2D eigenvalue weighted by molar-refractivity contribution is 7.98. The number of hydrogen-bond donors (Lipinski definition) is 3. The molecule has 0 aliphatic carbocycles. The van der Waals surface area contributed by atoms with Crippen LogP contribution in [0, 0.1) is 0 Å². The Labute approximate surface area is 116 Å². The van der Waals surface area contributed by atoms with E-state index in [2.05, 4.69) is 10.6 Å². The van der Waals surface area contributed by atoms with Gasteiger partial charge in [0.05, 0.1) is 12.6 Å². The summed E-state index contributed by atoms with van der Waals surface area (Å²) in [5.41, 5.74) is 5.72. The summed E-state index contributed by atoms with van der Waals surface area (Å²) in [5, 5.41) is 5.14. The number of carbonyl (C=O) groups excluding carboxylic acids is 2. The Morgan fingerprint density at radius 2 is 2.21 bits per heavy atom. The van der Waals surface area contributed by atoms with Crippen LogP contribution in [0.3, 0.4) is 0 Å².